The van der Waals surface area contributed by atoms with E-state index in [4.69, 9.17) is 5.73 Å². The third-order valence-corrected chi connectivity index (χ3v) is 4.01. The van der Waals surface area contributed by atoms with Crippen LogP contribution in [0.3, 0.4) is 0 Å². The molecule has 0 bridgehead atoms. The number of nitrogens with two attached hydrogens (primary N) is 1. The standard InChI is InChI=1S/C20H26N4O/c1-4-15(3)19(25)23-18-7-5-6-16(12-18)13-22-20(21)24-17-10-8-14(2)9-11-17/h5-12,15H,4,13H2,1-3H3,(H,23,25)(H3,21,22,24). The summed E-state index contributed by atoms with van der Waals surface area (Å²) in [6.07, 6.45) is 0.816. The van der Waals surface area contributed by atoms with Gasteiger partial charge in [0.25, 0.3) is 0 Å². The summed E-state index contributed by atoms with van der Waals surface area (Å²) in [7, 11) is 0. The van der Waals surface area contributed by atoms with Crippen molar-refractivity contribution in [3.05, 3.63) is 59.7 Å². The lowest BCUT2D eigenvalue weighted by Gasteiger charge is -2.11. The van der Waals surface area contributed by atoms with Crippen molar-refractivity contribution >= 4 is 23.2 Å². The molecular formula is C20H26N4O. The maximum atomic E-state index is 12.0. The number of rotatable bonds is 6. The maximum absolute atomic E-state index is 12.0. The molecule has 1 amide bonds. The number of carbonyl (C=O) groups is 1. The molecule has 0 aromatic heterocycles. The number of aryl methyl sites for hydroxylation is 1. The van der Waals surface area contributed by atoms with Gasteiger partial charge >= 0.3 is 0 Å². The highest BCUT2D eigenvalue weighted by atomic mass is 16.1. The maximum Gasteiger partial charge on any atom is 0.227 e. The van der Waals surface area contributed by atoms with Gasteiger partial charge in [0.05, 0.1) is 6.54 Å². The molecular weight excluding hydrogens is 312 g/mol. The van der Waals surface area contributed by atoms with Crippen LogP contribution in [0, 0.1) is 12.8 Å². The van der Waals surface area contributed by atoms with Crippen LogP contribution in [0.2, 0.25) is 0 Å². The smallest absolute Gasteiger partial charge is 0.227 e. The fourth-order valence-corrected chi connectivity index (χ4v) is 2.20. The molecule has 0 fully saturated rings. The van der Waals surface area contributed by atoms with Crippen molar-refractivity contribution in [1.29, 1.82) is 0 Å². The Balaban J connectivity index is 1.96. The average molecular weight is 338 g/mol. The van der Waals surface area contributed by atoms with Gasteiger partial charge in [0.2, 0.25) is 5.91 Å². The van der Waals surface area contributed by atoms with Crippen LogP contribution in [0.15, 0.2) is 53.5 Å². The first-order valence-corrected chi connectivity index (χ1v) is 8.51. The van der Waals surface area contributed by atoms with E-state index >= 15 is 0 Å². The van der Waals surface area contributed by atoms with Crippen LogP contribution in [-0.4, -0.2) is 11.9 Å². The Morgan fingerprint density at radius 2 is 1.84 bits per heavy atom. The van der Waals surface area contributed by atoms with Crippen LogP contribution in [0.5, 0.6) is 0 Å². The van der Waals surface area contributed by atoms with Crippen LogP contribution in [-0.2, 0) is 11.3 Å². The Morgan fingerprint density at radius 1 is 1.12 bits per heavy atom. The number of benzene rings is 2. The summed E-state index contributed by atoms with van der Waals surface area (Å²) in [5, 5.41) is 6.00. The molecule has 0 aliphatic carbocycles. The highest BCUT2D eigenvalue weighted by Crippen LogP contribution is 2.14. The summed E-state index contributed by atoms with van der Waals surface area (Å²) >= 11 is 0. The first kappa shape index (κ1) is 18.5. The predicted molar refractivity (Wildman–Crippen MR) is 105 cm³/mol. The van der Waals surface area contributed by atoms with Gasteiger partial charge in [-0.25, -0.2) is 4.99 Å². The molecule has 0 aliphatic heterocycles. The highest BCUT2D eigenvalue weighted by Gasteiger charge is 2.10. The summed E-state index contributed by atoms with van der Waals surface area (Å²) in [5.74, 6) is 0.387. The summed E-state index contributed by atoms with van der Waals surface area (Å²) in [6, 6.07) is 15.6. The van der Waals surface area contributed by atoms with Gasteiger partial charge in [0.1, 0.15) is 0 Å². The van der Waals surface area contributed by atoms with Gasteiger partial charge < -0.3 is 16.4 Å². The molecule has 2 aromatic rings. The number of carbonyl (C=O) groups excluding carboxylic acids is 1. The Bertz CT molecular complexity index is 738. The Morgan fingerprint density at radius 3 is 2.52 bits per heavy atom. The third kappa shape index (κ3) is 5.95. The number of nitrogens with zero attached hydrogens (tertiary/aromatic N) is 1. The largest absolute Gasteiger partial charge is 0.370 e. The van der Waals surface area contributed by atoms with Gasteiger partial charge in [-0.15, -0.1) is 0 Å². The summed E-state index contributed by atoms with van der Waals surface area (Å²) < 4.78 is 0. The third-order valence-electron chi connectivity index (χ3n) is 4.01. The molecule has 1 unspecified atom stereocenters. The molecule has 2 aromatic carbocycles. The number of amides is 1. The van der Waals surface area contributed by atoms with Crippen LogP contribution in [0.1, 0.15) is 31.4 Å². The first-order valence-electron chi connectivity index (χ1n) is 8.51. The van der Waals surface area contributed by atoms with Crippen LogP contribution in [0.4, 0.5) is 11.4 Å². The van der Waals surface area contributed by atoms with E-state index in [0.717, 1.165) is 23.4 Å². The number of anilines is 2. The van der Waals surface area contributed by atoms with Gasteiger partial charge in [0.15, 0.2) is 5.96 Å². The summed E-state index contributed by atoms with van der Waals surface area (Å²) in [4.78, 5) is 16.3. The van der Waals surface area contributed by atoms with E-state index in [1.807, 2.05) is 69.3 Å². The lowest BCUT2D eigenvalue weighted by atomic mass is 10.1. The number of hydrogen-bond donors (Lipinski definition) is 3. The number of nitrogens with one attached hydrogen (secondary N) is 2. The summed E-state index contributed by atoms with van der Waals surface area (Å²) in [6.45, 7) is 6.39. The molecule has 5 nitrogen and oxygen atoms in total. The molecule has 0 saturated carbocycles. The van der Waals surface area contributed by atoms with Gasteiger partial charge in [0, 0.05) is 17.3 Å². The minimum atomic E-state index is -0.00368. The minimum Gasteiger partial charge on any atom is -0.370 e. The lowest BCUT2D eigenvalue weighted by Crippen LogP contribution is -2.22. The molecule has 4 N–H and O–H groups in total. The van der Waals surface area contributed by atoms with Gasteiger partial charge in [-0.2, -0.15) is 0 Å². The molecule has 0 spiro atoms. The Hall–Kier alpha value is -2.82. The molecule has 0 radical (unpaired) electrons. The normalized spacial score (nSPS) is 12.5. The Kier molecular flexibility index (Phi) is 6.57. The van der Waals surface area contributed by atoms with Crippen molar-refractivity contribution in [2.24, 2.45) is 16.6 Å². The zero-order valence-corrected chi connectivity index (χ0v) is 15.0. The summed E-state index contributed by atoms with van der Waals surface area (Å²) in [5.41, 5.74) is 9.80. The lowest BCUT2D eigenvalue weighted by molar-refractivity contribution is -0.119. The van der Waals surface area contributed by atoms with Crippen molar-refractivity contribution in [1.82, 2.24) is 0 Å². The van der Waals surface area contributed by atoms with Crippen molar-refractivity contribution in [3.63, 3.8) is 0 Å². The van der Waals surface area contributed by atoms with Gasteiger partial charge in [-0.05, 0) is 43.2 Å². The fraction of sp³-hybridized carbons (Fsp3) is 0.300. The van der Waals surface area contributed by atoms with Crippen molar-refractivity contribution in [3.8, 4) is 0 Å². The van der Waals surface area contributed by atoms with Gasteiger partial charge in [-0.3, -0.25) is 4.79 Å². The number of hydrogen-bond acceptors (Lipinski definition) is 2. The van der Waals surface area contributed by atoms with Gasteiger partial charge in [-0.1, -0.05) is 43.7 Å². The van der Waals surface area contributed by atoms with E-state index in [9.17, 15) is 4.79 Å². The second-order valence-electron chi connectivity index (χ2n) is 6.19. The first-order chi connectivity index (χ1) is 12.0. The van der Waals surface area contributed by atoms with Crippen LogP contribution in [0.25, 0.3) is 0 Å². The van der Waals surface area contributed by atoms with E-state index < -0.39 is 0 Å². The van der Waals surface area contributed by atoms with E-state index in [0.29, 0.717) is 12.5 Å². The fourth-order valence-electron chi connectivity index (χ4n) is 2.20. The molecule has 0 aliphatic rings. The van der Waals surface area contributed by atoms with Crippen molar-refractivity contribution in [2.75, 3.05) is 10.6 Å². The van der Waals surface area contributed by atoms with E-state index in [1.165, 1.54) is 5.56 Å². The second-order valence-corrected chi connectivity index (χ2v) is 6.19. The zero-order valence-electron chi connectivity index (χ0n) is 15.0. The molecule has 5 heteroatoms. The molecule has 1 atom stereocenters. The van der Waals surface area contributed by atoms with Crippen molar-refractivity contribution < 1.29 is 4.79 Å². The number of guanidine groups is 1. The molecule has 0 saturated heterocycles. The van der Waals surface area contributed by atoms with Crippen molar-refractivity contribution in [2.45, 2.75) is 33.7 Å². The SMILES string of the molecule is CCC(C)C(=O)Nc1cccc(CN=C(N)Nc2ccc(C)cc2)c1. The monoisotopic (exact) mass is 338 g/mol. The number of aliphatic imine (C=N–C) groups is 1. The molecule has 132 valence electrons. The molecule has 25 heavy (non-hydrogen) atoms. The quantitative estimate of drug-likeness (QED) is 0.552. The predicted octanol–water partition coefficient (Wildman–Crippen LogP) is 3.91. The topological polar surface area (TPSA) is 79.5 Å². The zero-order chi connectivity index (χ0) is 18.2. The molecule has 0 heterocycles. The van der Waals surface area contributed by atoms with E-state index in [2.05, 4.69) is 15.6 Å². The molecule has 2 rings (SSSR count). The average Bonchev–Trinajstić information content (AvgIpc) is 2.61. The van der Waals surface area contributed by atoms with E-state index in [1.54, 1.807) is 0 Å². The van der Waals surface area contributed by atoms with Crippen LogP contribution < -0.4 is 16.4 Å². The Labute approximate surface area is 149 Å². The second kappa shape index (κ2) is 8.87. The van der Waals surface area contributed by atoms with Crippen LogP contribution >= 0.6 is 0 Å². The minimum absolute atomic E-state index is 0.00368. The van der Waals surface area contributed by atoms with E-state index in [-0.39, 0.29) is 11.8 Å². The highest BCUT2D eigenvalue weighted by molar-refractivity contribution is 5.93.